The minimum atomic E-state index is -1.15. The van der Waals surface area contributed by atoms with Crippen LogP contribution in [0.5, 0.6) is 5.75 Å². The van der Waals surface area contributed by atoms with Crippen molar-refractivity contribution in [3.8, 4) is 5.75 Å². The Morgan fingerprint density at radius 3 is 2.52 bits per heavy atom. The average Bonchev–Trinajstić information content (AvgIpc) is 3.69. The van der Waals surface area contributed by atoms with Crippen molar-refractivity contribution < 1.29 is 42.2 Å². The van der Waals surface area contributed by atoms with Crippen LogP contribution in [0.3, 0.4) is 0 Å². The first kappa shape index (κ1) is 36.5. The van der Waals surface area contributed by atoms with Crippen LogP contribution >= 0.6 is 0 Å². The zero-order valence-corrected chi connectivity index (χ0v) is 29.4. The van der Waals surface area contributed by atoms with Crippen LogP contribution in [0.4, 0.5) is 13.6 Å². The van der Waals surface area contributed by atoms with Crippen LogP contribution in [0.2, 0.25) is 0 Å². The minimum absolute atomic E-state index is 0.00513. The fraction of sp³-hybridized carbons (Fsp3) is 0.432. The summed E-state index contributed by atoms with van der Waals surface area (Å²) in [6, 6.07) is 10.9. The summed E-state index contributed by atoms with van der Waals surface area (Å²) in [6.07, 6.45) is 2.20. The number of nitrogens with one attached hydrogen (secondary N) is 1. The number of hydrogen-bond donors (Lipinski definition) is 1. The van der Waals surface area contributed by atoms with Crippen LogP contribution in [0, 0.1) is 11.6 Å². The molecule has 3 amide bonds. The first-order valence-electron chi connectivity index (χ1n) is 17.1. The van der Waals surface area contributed by atoms with E-state index in [9.17, 15) is 32.8 Å². The van der Waals surface area contributed by atoms with E-state index < -0.39 is 70.7 Å². The highest BCUT2D eigenvalue weighted by atomic mass is 19.1. The van der Waals surface area contributed by atoms with Crippen molar-refractivity contribution in [1.82, 2.24) is 24.6 Å². The van der Waals surface area contributed by atoms with Crippen molar-refractivity contribution in [2.24, 2.45) is 0 Å². The number of aromatic nitrogens is 1. The van der Waals surface area contributed by atoms with Crippen molar-refractivity contribution in [3.05, 3.63) is 99.0 Å². The van der Waals surface area contributed by atoms with E-state index >= 15 is 0 Å². The zero-order chi connectivity index (χ0) is 37.3. The molecule has 0 radical (unpaired) electrons. The van der Waals surface area contributed by atoms with Gasteiger partial charge in [-0.15, -0.1) is 0 Å². The first-order valence-corrected chi connectivity index (χ1v) is 17.1. The van der Waals surface area contributed by atoms with Crippen molar-refractivity contribution >= 4 is 23.9 Å². The van der Waals surface area contributed by atoms with Crippen LogP contribution in [0.25, 0.3) is 0 Å². The fourth-order valence-corrected chi connectivity index (χ4v) is 6.86. The van der Waals surface area contributed by atoms with Crippen LogP contribution in [0.15, 0.2) is 59.5 Å². The Morgan fingerprint density at radius 1 is 1.06 bits per heavy atom. The summed E-state index contributed by atoms with van der Waals surface area (Å²) in [4.78, 5) is 72.8. The SMILES string of the molecule is CN(C(=O)OC(C)(C)C)[C@@H](Cc1ccccc1)C(=O)OCOc1c2n(cc(C(=O)NCc3ccc(F)cc3F)c1=O)C[C@@H]1N(C[C@H]3CCCN31)C2=O. The monoisotopic (exact) mass is 721 g/mol. The first-order chi connectivity index (χ1) is 24.7. The van der Waals surface area contributed by atoms with Gasteiger partial charge in [0.15, 0.2) is 5.69 Å². The molecule has 1 aromatic heterocycles. The quantitative estimate of drug-likeness (QED) is 0.246. The number of hydrogen-bond acceptors (Lipinski definition) is 9. The molecular formula is C37H41F2N5O8. The molecule has 3 atom stereocenters. The second kappa shape index (κ2) is 14.7. The van der Waals surface area contributed by atoms with Gasteiger partial charge in [-0.25, -0.2) is 18.4 Å². The second-order valence-corrected chi connectivity index (χ2v) is 14.1. The molecule has 6 rings (SSSR count). The van der Waals surface area contributed by atoms with Crippen LogP contribution in [0.1, 0.15) is 65.6 Å². The molecule has 52 heavy (non-hydrogen) atoms. The van der Waals surface area contributed by atoms with Crippen LogP contribution in [-0.4, -0.2) is 93.9 Å². The summed E-state index contributed by atoms with van der Waals surface area (Å²) < 4.78 is 45.9. The number of ether oxygens (including phenoxy) is 3. The van der Waals surface area contributed by atoms with E-state index in [2.05, 4.69) is 10.2 Å². The number of carbonyl (C=O) groups excluding carboxylic acids is 4. The van der Waals surface area contributed by atoms with Crippen LogP contribution < -0.4 is 15.5 Å². The van der Waals surface area contributed by atoms with E-state index in [-0.39, 0.29) is 43.0 Å². The molecule has 1 N–H and O–H groups in total. The standard InChI is InChI=1S/C37H41F2N5O8/c1-37(2,3)52-36(49)41(4)28(15-22-9-6-5-7-10-22)35(48)51-21-50-32-30-34(47)44-18-25-11-8-14-43(25)29(44)20-42(30)19-26(31(32)45)33(46)40-17-23-12-13-24(38)16-27(23)39/h5-7,9-10,12-13,16,19,25,28-29H,8,11,14-15,17-18,20-21H2,1-4H3,(H,40,46)/t25-,28+,29+/m1/s1. The molecule has 2 saturated heterocycles. The molecular weight excluding hydrogens is 680 g/mol. The molecule has 3 aliphatic rings. The highest BCUT2D eigenvalue weighted by Crippen LogP contribution is 2.35. The molecule has 3 aliphatic heterocycles. The summed E-state index contributed by atoms with van der Waals surface area (Å²) in [5.41, 5.74) is -1.55. The molecule has 0 aliphatic carbocycles. The van der Waals surface area contributed by atoms with Gasteiger partial charge >= 0.3 is 12.1 Å². The summed E-state index contributed by atoms with van der Waals surface area (Å²) >= 11 is 0. The maximum atomic E-state index is 14.3. The summed E-state index contributed by atoms with van der Waals surface area (Å²) in [7, 11) is 1.41. The maximum absolute atomic E-state index is 14.3. The number of fused-ring (bicyclic) bond motifs is 4. The van der Waals surface area contributed by atoms with E-state index in [1.54, 1.807) is 49.9 Å². The Balaban J connectivity index is 1.26. The summed E-state index contributed by atoms with van der Waals surface area (Å²) in [5, 5.41) is 2.49. The molecule has 15 heteroatoms. The van der Waals surface area contributed by atoms with E-state index in [0.29, 0.717) is 12.6 Å². The molecule has 2 fully saturated rings. The third-order valence-corrected chi connectivity index (χ3v) is 9.43. The molecule has 0 bridgehead atoms. The molecule has 4 heterocycles. The average molecular weight is 722 g/mol. The Kier molecular flexibility index (Phi) is 10.3. The number of nitrogens with zero attached hydrogens (tertiary/aromatic N) is 4. The number of pyridine rings is 1. The van der Waals surface area contributed by atoms with Crippen molar-refractivity contribution in [1.29, 1.82) is 0 Å². The van der Waals surface area contributed by atoms with Gasteiger partial charge in [0.2, 0.25) is 18.0 Å². The number of amides is 3. The highest BCUT2D eigenvalue weighted by Gasteiger charge is 2.48. The number of esters is 1. The molecule has 2 aromatic carbocycles. The lowest BCUT2D eigenvalue weighted by molar-refractivity contribution is -0.156. The number of likely N-dealkylation sites (N-methyl/N-ethyl adjacent to an activating group) is 1. The van der Waals surface area contributed by atoms with Gasteiger partial charge in [0.1, 0.15) is 35.0 Å². The molecule has 13 nitrogen and oxygen atoms in total. The lowest BCUT2D eigenvalue weighted by Crippen LogP contribution is -2.51. The number of carbonyl (C=O) groups is 4. The lowest BCUT2D eigenvalue weighted by atomic mass is 10.1. The third-order valence-electron chi connectivity index (χ3n) is 9.43. The number of benzene rings is 2. The second-order valence-electron chi connectivity index (χ2n) is 14.1. The van der Waals surface area contributed by atoms with E-state index in [0.717, 1.165) is 35.9 Å². The molecule has 3 aromatic rings. The van der Waals surface area contributed by atoms with Crippen molar-refractivity contribution in [3.63, 3.8) is 0 Å². The number of rotatable bonds is 10. The van der Waals surface area contributed by atoms with Gasteiger partial charge in [0, 0.05) is 57.0 Å². The van der Waals surface area contributed by atoms with Crippen molar-refractivity contribution in [2.45, 2.75) is 77.0 Å². The normalized spacial score (nSPS) is 18.6. The van der Waals surface area contributed by atoms with E-state index in [1.807, 2.05) is 6.07 Å². The molecule has 0 saturated carbocycles. The summed E-state index contributed by atoms with van der Waals surface area (Å²) in [5.74, 6) is -4.37. The Morgan fingerprint density at radius 2 is 1.81 bits per heavy atom. The van der Waals surface area contributed by atoms with Gasteiger partial charge < -0.3 is 29.0 Å². The lowest BCUT2D eigenvalue weighted by Gasteiger charge is -2.36. The minimum Gasteiger partial charge on any atom is -0.451 e. The van der Waals surface area contributed by atoms with Gasteiger partial charge in [-0.1, -0.05) is 36.4 Å². The topological polar surface area (TPSA) is 140 Å². The molecule has 276 valence electrons. The van der Waals surface area contributed by atoms with Gasteiger partial charge in [-0.05, 0) is 45.2 Å². The van der Waals surface area contributed by atoms with E-state index in [4.69, 9.17) is 14.2 Å². The zero-order valence-electron chi connectivity index (χ0n) is 29.4. The smallest absolute Gasteiger partial charge is 0.410 e. The third kappa shape index (κ3) is 7.64. The van der Waals surface area contributed by atoms with Crippen molar-refractivity contribution in [2.75, 3.05) is 26.9 Å². The predicted octanol–water partition coefficient (Wildman–Crippen LogP) is 3.67. The van der Waals surface area contributed by atoms with Gasteiger partial charge in [-0.2, -0.15) is 0 Å². The van der Waals surface area contributed by atoms with Gasteiger partial charge in [0.25, 0.3) is 11.8 Å². The Bertz CT molecular complexity index is 1930. The Labute approximate surface area is 299 Å². The van der Waals surface area contributed by atoms with E-state index in [1.165, 1.54) is 23.9 Å². The predicted molar refractivity (Wildman–Crippen MR) is 182 cm³/mol. The summed E-state index contributed by atoms with van der Waals surface area (Å²) in [6.45, 7) is 5.41. The van der Waals surface area contributed by atoms with Gasteiger partial charge in [-0.3, -0.25) is 24.2 Å². The molecule has 0 spiro atoms. The number of halogens is 2. The maximum Gasteiger partial charge on any atom is 0.410 e. The van der Waals surface area contributed by atoms with Crippen LogP contribution in [-0.2, 0) is 33.8 Å². The molecule has 0 unspecified atom stereocenters. The fourth-order valence-electron chi connectivity index (χ4n) is 6.86. The Hall–Kier alpha value is -5.31. The highest BCUT2D eigenvalue weighted by molar-refractivity contribution is 5.99. The van der Waals surface area contributed by atoms with Gasteiger partial charge in [0.05, 0.1) is 6.54 Å². The largest absolute Gasteiger partial charge is 0.451 e.